The third-order valence-electron chi connectivity index (χ3n) is 5.92. The summed E-state index contributed by atoms with van der Waals surface area (Å²) in [5, 5.41) is 5.74. The van der Waals surface area contributed by atoms with Crippen LogP contribution in [0.3, 0.4) is 0 Å². The molecular formula is C23H32N4O3. The van der Waals surface area contributed by atoms with E-state index in [2.05, 4.69) is 35.5 Å². The molecule has 2 aliphatic heterocycles. The van der Waals surface area contributed by atoms with Gasteiger partial charge < -0.3 is 10.6 Å². The molecule has 2 fully saturated rings. The molecule has 1 aromatic rings. The second-order valence-corrected chi connectivity index (χ2v) is 8.74. The average Bonchev–Trinajstić information content (AvgIpc) is 2.92. The second kappa shape index (κ2) is 9.00. The lowest BCUT2D eigenvalue weighted by atomic mass is 9.91. The molecule has 2 saturated heterocycles. The number of amides is 4. The molecule has 0 radical (unpaired) electrons. The van der Waals surface area contributed by atoms with Gasteiger partial charge in [-0.05, 0) is 46.1 Å². The molecule has 0 aliphatic carbocycles. The maximum absolute atomic E-state index is 13.0. The third-order valence-corrected chi connectivity index (χ3v) is 5.92. The molecule has 1 atom stereocenters. The predicted octanol–water partition coefficient (Wildman–Crippen LogP) is 2.31. The zero-order chi connectivity index (χ0) is 21.9. The number of likely N-dealkylation sites (tertiary alicyclic amines) is 1. The Morgan fingerprint density at radius 2 is 1.83 bits per heavy atom. The Kier molecular flexibility index (Phi) is 6.61. The van der Waals surface area contributed by atoms with Crippen LogP contribution >= 0.6 is 0 Å². The smallest absolute Gasteiger partial charge is 0.325 e. The third kappa shape index (κ3) is 4.90. The van der Waals surface area contributed by atoms with Crippen LogP contribution in [0.25, 0.3) is 0 Å². The van der Waals surface area contributed by atoms with Gasteiger partial charge in [0.05, 0.1) is 0 Å². The van der Waals surface area contributed by atoms with E-state index in [1.807, 2.05) is 31.2 Å². The Hall–Kier alpha value is -2.67. The van der Waals surface area contributed by atoms with Crippen molar-refractivity contribution >= 4 is 17.8 Å². The number of nitrogens with one attached hydrogen (secondary N) is 2. The molecular weight excluding hydrogens is 380 g/mol. The van der Waals surface area contributed by atoms with Gasteiger partial charge in [-0.25, -0.2) is 4.79 Å². The number of rotatable bonds is 6. The summed E-state index contributed by atoms with van der Waals surface area (Å²) in [7, 11) is 0. The summed E-state index contributed by atoms with van der Waals surface area (Å²) in [6.45, 7) is 10.3. The van der Waals surface area contributed by atoms with Crippen molar-refractivity contribution in [2.45, 2.75) is 52.1 Å². The van der Waals surface area contributed by atoms with Gasteiger partial charge in [0.15, 0.2) is 0 Å². The molecule has 7 heteroatoms. The van der Waals surface area contributed by atoms with E-state index < -0.39 is 17.5 Å². The van der Waals surface area contributed by atoms with Crippen molar-refractivity contribution in [2.75, 3.05) is 26.2 Å². The lowest BCUT2D eigenvalue weighted by Gasteiger charge is -2.32. The number of carbonyl (C=O) groups is 3. The number of nitrogens with zero attached hydrogens (tertiary/aromatic N) is 2. The number of aryl methyl sites for hydroxylation is 1. The van der Waals surface area contributed by atoms with Gasteiger partial charge in [-0.2, -0.15) is 0 Å². The van der Waals surface area contributed by atoms with Crippen LogP contribution < -0.4 is 10.6 Å². The van der Waals surface area contributed by atoms with Crippen LogP contribution in [-0.4, -0.2) is 59.9 Å². The van der Waals surface area contributed by atoms with E-state index >= 15 is 0 Å². The Morgan fingerprint density at radius 3 is 2.43 bits per heavy atom. The first-order chi connectivity index (χ1) is 14.2. The van der Waals surface area contributed by atoms with Gasteiger partial charge in [0, 0.05) is 25.7 Å². The molecule has 2 N–H and O–H groups in total. The van der Waals surface area contributed by atoms with Crippen LogP contribution in [0.4, 0.5) is 4.79 Å². The van der Waals surface area contributed by atoms with E-state index in [-0.39, 0.29) is 18.5 Å². The fourth-order valence-electron chi connectivity index (χ4n) is 3.91. The number of allylic oxidation sites excluding steroid dienone is 1. The van der Waals surface area contributed by atoms with Crippen molar-refractivity contribution in [3.63, 3.8) is 0 Å². The first-order valence-electron chi connectivity index (χ1n) is 10.6. The van der Waals surface area contributed by atoms with Crippen LogP contribution in [0.2, 0.25) is 0 Å². The summed E-state index contributed by atoms with van der Waals surface area (Å²) < 4.78 is 0. The van der Waals surface area contributed by atoms with Gasteiger partial charge >= 0.3 is 6.03 Å². The molecule has 0 spiro atoms. The van der Waals surface area contributed by atoms with E-state index in [1.54, 1.807) is 6.92 Å². The molecule has 0 bridgehead atoms. The minimum absolute atomic E-state index is 0.0738. The SMILES string of the molecule is CC(C)=CCN1CCC(NC(=O)CN2C(=O)NC(C)(c3ccc(C)cc3)C2=O)CC1. The minimum atomic E-state index is -1.15. The summed E-state index contributed by atoms with van der Waals surface area (Å²) in [5.74, 6) is -0.697. The van der Waals surface area contributed by atoms with E-state index in [9.17, 15) is 14.4 Å². The predicted molar refractivity (Wildman–Crippen MR) is 116 cm³/mol. The molecule has 1 unspecified atom stereocenters. The molecule has 0 aromatic heterocycles. The molecule has 4 amide bonds. The Balaban J connectivity index is 1.54. The highest BCUT2D eigenvalue weighted by atomic mass is 16.2. The van der Waals surface area contributed by atoms with E-state index in [1.165, 1.54) is 5.57 Å². The second-order valence-electron chi connectivity index (χ2n) is 8.74. The summed E-state index contributed by atoms with van der Waals surface area (Å²) in [4.78, 5) is 41.3. The molecule has 30 heavy (non-hydrogen) atoms. The molecule has 0 saturated carbocycles. The van der Waals surface area contributed by atoms with Crippen molar-refractivity contribution in [3.8, 4) is 0 Å². The van der Waals surface area contributed by atoms with Gasteiger partial charge in [0.2, 0.25) is 5.91 Å². The van der Waals surface area contributed by atoms with Gasteiger partial charge in [0.25, 0.3) is 5.91 Å². The summed E-state index contributed by atoms with van der Waals surface area (Å²) in [6, 6.07) is 7.01. The molecule has 7 nitrogen and oxygen atoms in total. The highest BCUT2D eigenvalue weighted by Crippen LogP contribution is 2.28. The van der Waals surface area contributed by atoms with Crippen molar-refractivity contribution < 1.29 is 14.4 Å². The molecule has 1 aromatic carbocycles. The van der Waals surface area contributed by atoms with Crippen molar-refractivity contribution in [2.24, 2.45) is 0 Å². The number of hydrogen-bond acceptors (Lipinski definition) is 4. The Morgan fingerprint density at radius 1 is 1.20 bits per heavy atom. The Bertz CT molecular complexity index is 837. The molecule has 2 aliphatic rings. The van der Waals surface area contributed by atoms with Gasteiger partial charge in [0.1, 0.15) is 12.1 Å². The number of carbonyl (C=O) groups excluding carboxylic acids is 3. The maximum Gasteiger partial charge on any atom is 0.325 e. The normalized spacial score (nSPS) is 22.7. The van der Waals surface area contributed by atoms with Gasteiger partial charge in [-0.3, -0.25) is 19.4 Å². The number of urea groups is 1. The monoisotopic (exact) mass is 412 g/mol. The number of piperidine rings is 1. The average molecular weight is 413 g/mol. The van der Waals surface area contributed by atoms with Gasteiger partial charge in [-0.15, -0.1) is 0 Å². The van der Waals surface area contributed by atoms with E-state index in [0.29, 0.717) is 5.56 Å². The summed E-state index contributed by atoms with van der Waals surface area (Å²) >= 11 is 0. The van der Waals surface area contributed by atoms with Crippen LogP contribution in [0.1, 0.15) is 44.7 Å². The maximum atomic E-state index is 13.0. The van der Waals surface area contributed by atoms with E-state index in [0.717, 1.165) is 42.9 Å². The van der Waals surface area contributed by atoms with Crippen molar-refractivity contribution in [1.82, 2.24) is 20.4 Å². The quantitative estimate of drug-likeness (QED) is 0.555. The minimum Gasteiger partial charge on any atom is -0.352 e. The van der Waals surface area contributed by atoms with Crippen LogP contribution in [-0.2, 0) is 15.1 Å². The standard InChI is InChI=1S/C23H32N4O3/c1-16(2)9-12-26-13-10-19(11-14-26)24-20(28)15-27-21(29)23(4,25-22(27)30)18-7-5-17(3)6-8-18/h5-9,19H,10-15H2,1-4H3,(H,24,28)(H,25,30). The largest absolute Gasteiger partial charge is 0.352 e. The summed E-state index contributed by atoms with van der Waals surface area (Å²) in [5.41, 5.74) is 1.93. The molecule has 162 valence electrons. The number of benzene rings is 1. The van der Waals surface area contributed by atoms with Gasteiger partial charge in [-0.1, -0.05) is 41.5 Å². The van der Waals surface area contributed by atoms with Crippen LogP contribution in [0.15, 0.2) is 35.9 Å². The zero-order valence-corrected chi connectivity index (χ0v) is 18.3. The van der Waals surface area contributed by atoms with Crippen LogP contribution in [0, 0.1) is 6.92 Å². The highest BCUT2D eigenvalue weighted by Gasteiger charge is 2.49. The molecule has 2 heterocycles. The lowest BCUT2D eigenvalue weighted by Crippen LogP contribution is -2.48. The first kappa shape index (κ1) is 22.0. The Labute approximate surface area is 178 Å². The first-order valence-corrected chi connectivity index (χ1v) is 10.6. The summed E-state index contributed by atoms with van der Waals surface area (Å²) in [6.07, 6.45) is 3.94. The van der Waals surface area contributed by atoms with E-state index in [4.69, 9.17) is 0 Å². The zero-order valence-electron chi connectivity index (χ0n) is 18.3. The lowest BCUT2D eigenvalue weighted by molar-refractivity contribution is -0.135. The highest BCUT2D eigenvalue weighted by molar-refractivity contribution is 6.09. The number of hydrogen-bond donors (Lipinski definition) is 2. The number of imide groups is 1. The molecule has 3 rings (SSSR count). The topological polar surface area (TPSA) is 81.8 Å². The fraction of sp³-hybridized carbons (Fsp3) is 0.522. The fourth-order valence-corrected chi connectivity index (χ4v) is 3.91. The van der Waals surface area contributed by atoms with Crippen molar-refractivity contribution in [3.05, 3.63) is 47.0 Å². The van der Waals surface area contributed by atoms with Crippen LogP contribution in [0.5, 0.6) is 0 Å². The van der Waals surface area contributed by atoms with Crippen molar-refractivity contribution in [1.29, 1.82) is 0 Å².